The van der Waals surface area contributed by atoms with Gasteiger partial charge < -0.3 is 19.7 Å². The number of fused-ring (bicyclic) bond motifs is 1. The van der Waals surface area contributed by atoms with E-state index in [2.05, 4.69) is 12.2 Å². The van der Waals surface area contributed by atoms with Crippen molar-refractivity contribution in [3.8, 4) is 11.5 Å². The molecule has 0 unspecified atom stereocenters. The Morgan fingerprint density at radius 1 is 1.00 bits per heavy atom. The minimum Gasteiger partial charge on any atom is -0.493 e. The number of benzene rings is 3. The summed E-state index contributed by atoms with van der Waals surface area (Å²) < 4.78 is 10.8. The van der Waals surface area contributed by atoms with Gasteiger partial charge in [-0.25, -0.2) is 0 Å². The van der Waals surface area contributed by atoms with Crippen LogP contribution in [0.4, 0.5) is 5.69 Å². The monoisotopic (exact) mass is 444 g/mol. The standard InChI is InChI=1S/C27H28N2O4/c1-4-18-8-7-10-21(14-18)28-26(30)16-23(19-12-13-24(32-2)25(15-19)33-3)29-17-20-9-5-6-11-22(20)27(29)31/h5-15,23H,4,16-17H2,1-3H3,(H,28,30)/t23-/m0/s1. The highest BCUT2D eigenvalue weighted by Crippen LogP contribution is 2.37. The molecule has 6 heteroatoms. The van der Waals surface area contributed by atoms with Crippen LogP contribution >= 0.6 is 0 Å². The van der Waals surface area contributed by atoms with Crippen LogP contribution in [0.2, 0.25) is 0 Å². The quantitative estimate of drug-likeness (QED) is 0.531. The van der Waals surface area contributed by atoms with Crippen LogP contribution in [-0.4, -0.2) is 30.9 Å². The molecule has 0 aliphatic carbocycles. The second-order valence-electron chi connectivity index (χ2n) is 8.03. The van der Waals surface area contributed by atoms with Crippen LogP contribution in [0.5, 0.6) is 11.5 Å². The highest BCUT2D eigenvalue weighted by Gasteiger charge is 2.34. The van der Waals surface area contributed by atoms with Crippen molar-refractivity contribution >= 4 is 17.5 Å². The summed E-state index contributed by atoms with van der Waals surface area (Å²) in [5.41, 5.74) is 4.35. The molecule has 0 spiro atoms. The second kappa shape index (κ2) is 9.77. The van der Waals surface area contributed by atoms with E-state index in [0.717, 1.165) is 28.8 Å². The molecule has 170 valence electrons. The van der Waals surface area contributed by atoms with Gasteiger partial charge in [0.25, 0.3) is 5.91 Å². The van der Waals surface area contributed by atoms with Crippen molar-refractivity contribution in [3.63, 3.8) is 0 Å². The molecule has 0 bridgehead atoms. The summed E-state index contributed by atoms with van der Waals surface area (Å²) >= 11 is 0. The van der Waals surface area contributed by atoms with Gasteiger partial charge in [0.05, 0.1) is 26.7 Å². The van der Waals surface area contributed by atoms with Gasteiger partial charge in [-0.2, -0.15) is 0 Å². The number of nitrogens with one attached hydrogen (secondary N) is 1. The Hall–Kier alpha value is -3.80. The van der Waals surface area contributed by atoms with E-state index in [1.54, 1.807) is 25.2 Å². The van der Waals surface area contributed by atoms with E-state index >= 15 is 0 Å². The van der Waals surface area contributed by atoms with Gasteiger partial charge in [0, 0.05) is 17.8 Å². The van der Waals surface area contributed by atoms with Crippen LogP contribution in [-0.2, 0) is 17.8 Å². The van der Waals surface area contributed by atoms with Gasteiger partial charge in [0.1, 0.15) is 0 Å². The maximum Gasteiger partial charge on any atom is 0.255 e. The van der Waals surface area contributed by atoms with Gasteiger partial charge in [0.15, 0.2) is 11.5 Å². The molecule has 33 heavy (non-hydrogen) atoms. The number of amides is 2. The Morgan fingerprint density at radius 3 is 2.52 bits per heavy atom. The number of hydrogen-bond acceptors (Lipinski definition) is 4. The van der Waals surface area contributed by atoms with Crippen LogP contribution in [0.1, 0.15) is 46.4 Å². The molecule has 1 N–H and O–H groups in total. The Kier molecular flexibility index (Phi) is 6.63. The third-order valence-electron chi connectivity index (χ3n) is 6.02. The lowest BCUT2D eigenvalue weighted by Crippen LogP contribution is -2.32. The number of anilines is 1. The molecule has 1 aliphatic rings. The molecule has 0 saturated heterocycles. The fraction of sp³-hybridized carbons (Fsp3) is 0.259. The minimum absolute atomic E-state index is 0.0776. The van der Waals surface area contributed by atoms with Crippen molar-refractivity contribution in [2.24, 2.45) is 0 Å². The first-order valence-corrected chi connectivity index (χ1v) is 11.0. The van der Waals surface area contributed by atoms with Gasteiger partial charge in [-0.05, 0) is 53.4 Å². The summed E-state index contributed by atoms with van der Waals surface area (Å²) in [4.78, 5) is 28.1. The largest absolute Gasteiger partial charge is 0.493 e. The lowest BCUT2D eigenvalue weighted by molar-refractivity contribution is -0.117. The number of hydrogen-bond donors (Lipinski definition) is 1. The molecule has 3 aromatic carbocycles. The molecule has 0 saturated carbocycles. The van der Waals surface area contributed by atoms with Crippen molar-refractivity contribution in [3.05, 3.63) is 89.0 Å². The first-order chi connectivity index (χ1) is 16.0. The third kappa shape index (κ3) is 4.70. The average Bonchev–Trinajstić information content (AvgIpc) is 3.18. The number of carbonyl (C=O) groups is 2. The van der Waals surface area contributed by atoms with Crippen LogP contribution in [0.3, 0.4) is 0 Å². The molecule has 2 amide bonds. The highest BCUT2D eigenvalue weighted by molar-refractivity contribution is 5.99. The normalized spacial score (nSPS) is 13.4. The van der Waals surface area contributed by atoms with E-state index < -0.39 is 6.04 Å². The Labute approximate surface area is 194 Å². The fourth-order valence-corrected chi connectivity index (χ4v) is 4.25. The maximum absolute atomic E-state index is 13.3. The number of nitrogens with zero attached hydrogens (tertiary/aromatic N) is 1. The molecule has 4 rings (SSSR count). The van der Waals surface area contributed by atoms with Crippen LogP contribution in [0.25, 0.3) is 0 Å². The van der Waals surface area contributed by atoms with Crippen molar-refractivity contribution in [1.29, 1.82) is 0 Å². The van der Waals surface area contributed by atoms with E-state index in [-0.39, 0.29) is 18.2 Å². The first kappa shape index (κ1) is 22.4. The van der Waals surface area contributed by atoms with Crippen molar-refractivity contribution in [2.75, 3.05) is 19.5 Å². The first-order valence-electron chi connectivity index (χ1n) is 11.0. The smallest absolute Gasteiger partial charge is 0.255 e. The fourth-order valence-electron chi connectivity index (χ4n) is 4.25. The van der Waals surface area contributed by atoms with Crippen LogP contribution in [0, 0.1) is 0 Å². The van der Waals surface area contributed by atoms with E-state index in [9.17, 15) is 9.59 Å². The van der Waals surface area contributed by atoms with E-state index in [0.29, 0.717) is 23.6 Å². The topological polar surface area (TPSA) is 67.9 Å². The van der Waals surface area contributed by atoms with Gasteiger partial charge in [-0.1, -0.05) is 43.3 Å². The summed E-state index contributed by atoms with van der Waals surface area (Å²) in [6.45, 7) is 2.53. The van der Waals surface area contributed by atoms with Gasteiger partial charge in [0.2, 0.25) is 5.91 Å². The van der Waals surface area contributed by atoms with Gasteiger partial charge in [-0.15, -0.1) is 0 Å². The maximum atomic E-state index is 13.3. The molecule has 3 aromatic rings. The Morgan fingerprint density at radius 2 is 1.79 bits per heavy atom. The van der Waals surface area contributed by atoms with E-state index in [1.807, 2.05) is 60.7 Å². The van der Waals surface area contributed by atoms with Gasteiger partial charge >= 0.3 is 0 Å². The van der Waals surface area contributed by atoms with Gasteiger partial charge in [-0.3, -0.25) is 9.59 Å². The summed E-state index contributed by atoms with van der Waals surface area (Å²) in [7, 11) is 3.15. The number of ether oxygens (including phenoxy) is 2. The summed E-state index contributed by atoms with van der Waals surface area (Å²) in [6, 6.07) is 20.4. The Balaban J connectivity index is 1.64. The number of rotatable bonds is 8. The third-order valence-corrected chi connectivity index (χ3v) is 6.02. The predicted molar refractivity (Wildman–Crippen MR) is 128 cm³/mol. The van der Waals surface area contributed by atoms with E-state index in [4.69, 9.17) is 9.47 Å². The van der Waals surface area contributed by atoms with E-state index in [1.165, 1.54) is 0 Å². The molecular weight excluding hydrogens is 416 g/mol. The summed E-state index contributed by atoms with van der Waals surface area (Å²) in [5.74, 6) is 0.912. The molecule has 1 atom stereocenters. The lowest BCUT2D eigenvalue weighted by Gasteiger charge is -2.28. The van der Waals surface area contributed by atoms with Crippen molar-refractivity contribution in [1.82, 2.24) is 4.90 Å². The molecule has 1 heterocycles. The zero-order chi connectivity index (χ0) is 23.4. The van der Waals surface area contributed by atoms with Crippen molar-refractivity contribution < 1.29 is 19.1 Å². The predicted octanol–water partition coefficient (Wildman–Crippen LogP) is 4.99. The molecule has 6 nitrogen and oxygen atoms in total. The second-order valence-corrected chi connectivity index (χ2v) is 8.03. The number of carbonyl (C=O) groups excluding carboxylic acids is 2. The molecular formula is C27H28N2O4. The molecule has 0 aromatic heterocycles. The minimum atomic E-state index is -0.459. The van der Waals surface area contributed by atoms with Crippen LogP contribution in [0.15, 0.2) is 66.7 Å². The molecule has 0 fully saturated rings. The van der Waals surface area contributed by atoms with Crippen LogP contribution < -0.4 is 14.8 Å². The number of methoxy groups -OCH3 is 2. The zero-order valence-corrected chi connectivity index (χ0v) is 19.1. The average molecular weight is 445 g/mol. The highest BCUT2D eigenvalue weighted by atomic mass is 16.5. The summed E-state index contributed by atoms with van der Waals surface area (Å²) in [5, 5.41) is 2.99. The Bertz CT molecular complexity index is 1170. The SMILES string of the molecule is CCc1cccc(NC(=O)C[C@@H](c2ccc(OC)c(OC)c2)N2Cc3ccccc3C2=O)c1. The molecule has 1 aliphatic heterocycles. The van der Waals surface area contributed by atoms with Crippen molar-refractivity contribution in [2.45, 2.75) is 32.4 Å². The summed E-state index contributed by atoms with van der Waals surface area (Å²) in [6.07, 6.45) is 1.00. The number of aryl methyl sites for hydroxylation is 1. The lowest BCUT2D eigenvalue weighted by atomic mass is 10.0. The molecule has 0 radical (unpaired) electrons. The zero-order valence-electron chi connectivity index (χ0n) is 19.1.